The van der Waals surface area contributed by atoms with Crippen molar-refractivity contribution >= 4 is 0 Å². The quantitative estimate of drug-likeness (QED) is 0.770. The van der Waals surface area contributed by atoms with E-state index in [1.54, 1.807) is 7.11 Å². The number of hydrogen-bond donors (Lipinski definition) is 1. The summed E-state index contributed by atoms with van der Waals surface area (Å²) >= 11 is 0. The van der Waals surface area contributed by atoms with Gasteiger partial charge in [-0.3, -0.25) is 0 Å². The molecular weight excluding hydrogens is 226 g/mol. The first-order chi connectivity index (χ1) is 8.71. The summed E-state index contributed by atoms with van der Waals surface area (Å²) in [5, 5.41) is 3.48. The number of methoxy groups -OCH3 is 1. The summed E-state index contributed by atoms with van der Waals surface area (Å²) in [6, 6.07) is 8.13. The van der Waals surface area contributed by atoms with Crippen molar-refractivity contribution in [1.82, 2.24) is 5.32 Å². The lowest BCUT2D eigenvalue weighted by Gasteiger charge is -2.24. The zero-order valence-electron chi connectivity index (χ0n) is 11.9. The van der Waals surface area contributed by atoms with Gasteiger partial charge in [-0.25, -0.2) is 0 Å². The van der Waals surface area contributed by atoms with Crippen LogP contribution in [0.1, 0.15) is 27.2 Å². The fourth-order valence-corrected chi connectivity index (χ4v) is 1.83. The third kappa shape index (κ3) is 4.57. The molecule has 1 rings (SSSR count). The molecule has 0 aliphatic carbocycles. The topological polar surface area (TPSA) is 30.5 Å². The average molecular weight is 251 g/mol. The molecule has 1 aromatic carbocycles. The van der Waals surface area contributed by atoms with E-state index in [4.69, 9.17) is 9.47 Å². The van der Waals surface area contributed by atoms with E-state index in [0.717, 1.165) is 24.5 Å². The molecule has 3 heteroatoms. The SMILES string of the molecule is CCNC(COc1ccc(OC)cc1)C(C)CC. The Balaban J connectivity index is 2.49. The summed E-state index contributed by atoms with van der Waals surface area (Å²) in [6.07, 6.45) is 1.16. The molecule has 0 saturated heterocycles. The number of likely N-dealkylation sites (N-methyl/N-ethyl adjacent to an activating group) is 1. The molecule has 1 N–H and O–H groups in total. The molecule has 0 saturated carbocycles. The number of benzene rings is 1. The minimum Gasteiger partial charge on any atom is -0.497 e. The van der Waals surface area contributed by atoms with E-state index in [-0.39, 0.29) is 0 Å². The van der Waals surface area contributed by atoms with Crippen LogP contribution in [0.5, 0.6) is 11.5 Å². The van der Waals surface area contributed by atoms with Crippen LogP contribution in [-0.2, 0) is 0 Å². The predicted molar refractivity (Wildman–Crippen MR) is 75.4 cm³/mol. The second-order valence-corrected chi connectivity index (χ2v) is 4.54. The summed E-state index contributed by atoms with van der Waals surface area (Å²) < 4.78 is 10.9. The molecule has 18 heavy (non-hydrogen) atoms. The molecule has 1 aromatic rings. The van der Waals surface area contributed by atoms with Gasteiger partial charge in [0, 0.05) is 6.04 Å². The maximum Gasteiger partial charge on any atom is 0.119 e. The first kappa shape index (κ1) is 14.8. The van der Waals surface area contributed by atoms with Crippen LogP contribution in [0.2, 0.25) is 0 Å². The maximum atomic E-state index is 5.83. The predicted octanol–water partition coefficient (Wildman–Crippen LogP) is 3.10. The van der Waals surface area contributed by atoms with Gasteiger partial charge in [-0.15, -0.1) is 0 Å². The van der Waals surface area contributed by atoms with E-state index in [0.29, 0.717) is 18.6 Å². The van der Waals surface area contributed by atoms with Crippen molar-refractivity contribution in [2.24, 2.45) is 5.92 Å². The summed E-state index contributed by atoms with van der Waals surface area (Å²) in [5.41, 5.74) is 0. The minimum atomic E-state index is 0.405. The zero-order chi connectivity index (χ0) is 13.4. The standard InChI is InChI=1S/C15H25NO2/c1-5-12(3)15(16-6-2)11-18-14-9-7-13(17-4)8-10-14/h7-10,12,15-16H,5-6,11H2,1-4H3. The Morgan fingerprint density at radius 3 is 2.22 bits per heavy atom. The molecule has 0 radical (unpaired) electrons. The molecule has 0 bridgehead atoms. The Morgan fingerprint density at radius 2 is 1.72 bits per heavy atom. The van der Waals surface area contributed by atoms with Crippen LogP contribution < -0.4 is 14.8 Å². The largest absolute Gasteiger partial charge is 0.497 e. The lowest BCUT2D eigenvalue weighted by atomic mass is 10.00. The Morgan fingerprint density at radius 1 is 1.11 bits per heavy atom. The number of rotatable bonds is 8. The molecule has 0 heterocycles. The van der Waals surface area contributed by atoms with Crippen molar-refractivity contribution in [2.75, 3.05) is 20.3 Å². The maximum absolute atomic E-state index is 5.83. The Kier molecular flexibility index (Phi) is 6.58. The van der Waals surface area contributed by atoms with E-state index in [1.165, 1.54) is 0 Å². The van der Waals surface area contributed by atoms with Gasteiger partial charge in [-0.05, 0) is 36.7 Å². The Bertz CT molecular complexity index is 324. The van der Waals surface area contributed by atoms with E-state index < -0.39 is 0 Å². The highest BCUT2D eigenvalue weighted by Gasteiger charge is 2.15. The van der Waals surface area contributed by atoms with Crippen molar-refractivity contribution in [3.05, 3.63) is 24.3 Å². The van der Waals surface area contributed by atoms with Crippen LogP contribution in [0.25, 0.3) is 0 Å². The van der Waals surface area contributed by atoms with Gasteiger partial charge in [0.25, 0.3) is 0 Å². The minimum absolute atomic E-state index is 0.405. The third-order valence-corrected chi connectivity index (χ3v) is 3.29. The van der Waals surface area contributed by atoms with Gasteiger partial charge < -0.3 is 14.8 Å². The second kappa shape index (κ2) is 7.98. The summed E-state index contributed by atoms with van der Waals surface area (Å²) in [6.45, 7) is 8.27. The lowest BCUT2D eigenvalue weighted by molar-refractivity contribution is 0.222. The highest BCUT2D eigenvalue weighted by molar-refractivity contribution is 5.31. The first-order valence-electron chi connectivity index (χ1n) is 6.71. The fraction of sp³-hybridized carbons (Fsp3) is 0.600. The normalized spacial score (nSPS) is 14.0. The smallest absolute Gasteiger partial charge is 0.119 e. The summed E-state index contributed by atoms with van der Waals surface area (Å²) in [4.78, 5) is 0. The fourth-order valence-electron chi connectivity index (χ4n) is 1.83. The van der Waals surface area contributed by atoms with Gasteiger partial charge in [-0.1, -0.05) is 27.2 Å². The van der Waals surface area contributed by atoms with Crippen molar-refractivity contribution in [2.45, 2.75) is 33.2 Å². The van der Waals surface area contributed by atoms with Gasteiger partial charge in [0.15, 0.2) is 0 Å². The Hall–Kier alpha value is -1.22. The van der Waals surface area contributed by atoms with Gasteiger partial charge in [0.1, 0.15) is 18.1 Å². The molecule has 2 atom stereocenters. The van der Waals surface area contributed by atoms with Crippen molar-refractivity contribution in [3.8, 4) is 11.5 Å². The summed E-state index contributed by atoms with van der Waals surface area (Å²) in [7, 11) is 1.67. The molecule has 0 aromatic heterocycles. The van der Waals surface area contributed by atoms with Crippen molar-refractivity contribution in [3.63, 3.8) is 0 Å². The molecule has 3 nitrogen and oxygen atoms in total. The summed E-state index contributed by atoms with van der Waals surface area (Å²) in [5.74, 6) is 2.36. The van der Waals surface area contributed by atoms with Gasteiger partial charge in [0.2, 0.25) is 0 Å². The van der Waals surface area contributed by atoms with Crippen LogP contribution in [0.3, 0.4) is 0 Å². The molecule has 0 aliphatic rings. The van der Waals surface area contributed by atoms with Crippen LogP contribution in [0.4, 0.5) is 0 Å². The van der Waals surface area contributed by atoms with E-state index >= 15 is 0 Å². The van der Waals surface area contributed by atoms with E-state index in [2.05, 4.69) is 26.1 Å². The highest BCUT2D eigenvalue weighted by atomic mass is 16.5. The van der Waals surface area contributed by atoms with Crippen LogP contribution >= 0.6 is 0 Å². The van der Waals surface area contributed by atoms with Gasteiger partial charge in [0.05, 0.1) is 7.11 Å². The van der Waals surface area contributed by atoms with Crippen LogP contribution in [0.15, 0.2) is 24.3 Å². The molecule has 0 fully saturated rings. The molecule has 102 valence electrons. The van der Waals surface area contributed by atoms with Gasteiger partial charge in [-0.2, -0.15) is 0 Å². The van der Waals surface area contributed by atoms with Crippen LogP contribution in [-0.4, -0.2) is 26.3 Å². The van der Waals surface area contributed by atoms with Gasteiger partial charge >= 0.3 is 0 Å². The van der Waals surface area contributed by atoms with E-state index in [9.17, 15) is 0 Å². The van der Waals surface area contributed by atoms with E-state index in [1.807, 2.05) is 24.3 Å². The van der Waals surface area contributed by atoms with Crippen LogP contribution in [0, 0.1) is 5.92 Å². The molecule has 0 spiro atoms. The number of hydrogen-bond acceptors (Lipinski definition) is 3. The number of nitrogens with one attached hydrogen (secondary N) is 1. The average Bonchev–Trinajstić information content (AvgIpc) is 2.43. The molecule has 0 amide bonds. The molecule has 2 unspecified atom stereocenters. The lowest BCUT2D eigenvalue weighted by Crippen LogP contribution is -2.39. The zero-order valence-corrected chi connectivity index (χ0v) is 11.9. The molecular formula is C15H25NO2. The Labute approximate surface area is 110 Å². The third-order valence-electron chi connectivity index (χ3n) is 3.29. The second-order valence-electron chi connectivity index (χ2n) is 4.54. The monoisotopic (exact) mass is 251 g/mol. The number of ether oxygens (including phenoxy) is 2. The van der Waals surface area contributed by atoms with Crippen molar-refractivity contribution < 1.29 is 9.47 Å². The molecule has 0 aliphatic heterocycles. The first-order valence-corrected chi connectivity index (χ1v) is 6.71. The van der Waals surface area contributed by atoms with Crippen molar-refractivity contribution in [1.29, 1.82) is 0 Å². The highest BCUT2D eigenvalue weighted by Crippen LogP contribution is 2.18.